The molecule has 0 bridgehead atoms. The third-order valence-corrected chi connectivity index (χ3v) is 4.51. The summed E-state index contributed by atoms with van der Waals surface area (Å²) in [6.07, 6.45) is -2.85. The fourth-order valence-electron chi connectivity index (χ4n) is 3.25. The van der Waals surface area contributed by atoms with Crippen LogP contribution in [0.25, 0.3) is 0 Å². The minimum atomic E-state index is -4.40. The Morgan fingerprint density at radius 3 is 2.65 bits per heavy atom. The van der Waals surface area contributed by atoms with Crippen LogP contribution in [0.1, 0.15) is 50.2 Å². The maximum Gasteiger partial charge on any atom is 0.416 e. The Labute approximate surface area is 134 Å². The van der Waals surface area contributed by atoms with Crippen LogP contribution in [0.4, 0.5) is 13.2 Å². The van der Waals surface area contributed by atoms with Crippen LogP contribution in [-0.2, 0) is 11.0 Å². The van der Waals surface area contributed by atoms with Gasteiger partial charge in [0.05, 0.1) is 5.56 Å². The van der Waals surface area contributed by atoms with Crippen LogP contribution < -0.4 is 5.73 Å². The normalized spacial score (nSPS) is 23.7. The number of amides is 1. The van der Waals surface area contributed by atoms with E-state index in [2.05, 4.69) is 0 Å². The average Bonchev–Trinajstić information content (AvgIpc) is 2.46. The maximum absolute atomic E-state index is 13.1. The van der Waals surface area contributed by atoms with Gasteiger partial charge in [-0.1, -0.05) is 25.1 Å². The SMILES string of the molecule is C[C@H](CC(=O)N1CC[C@H](N)C[C@H]1C)c1ccccc1C(F)(F)F. The van der Waals surface area contributed by atoms with Gasteiger partial charge in [0.2, 0.25) is 5.91 Å². The number of halogens is 3. The number of rotatable bonds is 3. The van der Waals surface area contributed by atoms with Gasteiger partial charge in [-0.25, -0.2) is 0 Å². The highest BCUT2D eigenvalue weighted by Crippen LogP contribution is 2.36. The molecule has 1 heterocycles. The number of carbonyl (C=O) groups is 1. The Morgan fingerprint density at radius 2 is 2.04 bits per heavy atom. The monoisotopic (exact) mass is 328 g/mol. The van der Waals surface area contributed by atoms with E-state index in [0.29, 0.717) is 6.54 Å². The van der Waals surface area contributed by atoms with Gasteiger partial charge >= 0.3 is 6.18 Å². The van der Waals surface area contributed by atoms with Gasteiger partial charge in [-0.3, -0.25) is 4.79 Å². The highest BCUT2D eigenvalue weighted by atomic mass is 19.4. The van der Waals surface area contributed by atoms with Gasteiger partial charge in [-0.05, 0) is 37.3 Å². The van der Waals surface area contributed by atoms with Crippen LogP contribution >= 0.6 is 0 Å². The Balaban J connectivity index is 2.10. The molecule has 3 atom stereocenters. The molecule has 0 aromatic heterocycles. The molecule has 0 saturated carbocycles. The molecular weight excluding hydrogens is 305 g/mol. The molecule has 6 heteroatoms. The fourth-order valence-corrected chi connectivity index (χ4v) is 3.25. The number of nitrogens with two attached hydrogens (primary N) is 1. The van der Waals surface area contributed by atoms with Crippen molar-refractivity contribution < 1.29 is 18.0 Å². The number of likely N-dealkylation sites (tertiary alicyclic amines) is 1. The molecule has 1 amide bonds. The lowest BCUT2D eigenvalue weighted by Crippen LogP contribution is -2.48. The summed E-state index contributed by atoms with van der Waals surface area (Å²) in [4.78, 5) is 14.2. The number of hydrogen-bond donors (Lipinski definition) is 1. The van der Waals surface area contributed by atoms with Crippen LogP contribution in [-0.4, -0.2) is 29.4 Å². The largest absolute Gasteiger partial charge is 0.416 e. The van der Waals surface area contributed by atoms with Crippen molar-refractivity contribution in [2.24, 2.45) is 5.73 Å². The van der Waals surface area contributed by atoms with E-state index >= 15 is 0 Å². The number of hydrogen-bond acceptors (Lipinski definition) is 2. The van der Waals surface area contributed by atoms with Gasteiger partial charge in [0, 0.05) is 25.0 Å². The molecule has 1 aromatic rings. The molecule has 23 heavy (non-hydrogen) atoms. The smallest absolute Gasteiger partial charge is 0.340 e. The molecule has 128 valence electrons. The van der Waals surface area contributed by atoms with Crippen molar-refractivity contribution in [2.45, 2.75) is 57.3 Å². The second kappa shape index (κ2) is 6.91. The summed E-state index contributed by atoms with van der Waals surface area (Å²) in [6.45, 7) is 4.18. The van der Waals surface area contributed by atoms with Crippen LogP contribution in [0.3, 0.4) is 0 Å². The van der Waals surface area contributed by atoms with E-state index in [-0.39, 0.29) is 30.0 Å². The minimum absolute atomic E-state index is 0.0382. The molecule has 2 rings (SSSR count). The van der Waals surface area contributed by atoms with Crippen molar-refractivity contribution in [1.82, 2.24) is 4.90 Å². The molecule has 1 aliphatic rings. The third-order valence-electron chi connectivity index (χ3n) is 4.51. The van der Waals surface area contributed by atoms with Crippen molar-refractivity contribution in [3.63, 3.8) is 0 Å². The number of piperidine rings is 1. The Bertz CT molecular complexity index is 559. The van der Waals surface area contributed by atoms with Gasteiger partial charge < -0.3 is 10.6 Å². The first kappa shape index (κ1) is 17.8. The van der Waals surface area contributed by atoms with Gasteiger partial charge in [0.1, 0.15) is 0 Å². The van der Waals surface area contributed by atoms with E-state index < -0.39 is 17.7 Å². The van der Waals surface area contributed by atoms with E-state index in [4.69, 9.17) is 5.73 Å². The lowest BCUT2D eigenvalue weighted by Gasteiger charge is -2.37. The van der Waals surface area contributed by atoms with Crippen molar-refractivity contribution in [3.8, 4) is 0 Å². The van der Waals surface area contributed by atoms with E-state index in [1.54, 1.807) is 17.9 Å². The zero-order valence-corrected chi connectivity index (χ0v) is 13.4. The molecule has 1 aromatic carbocycles. The van der Waals surface area contributed by atoms with Gasteiger partial charge in [0.25, 0.3) is 0 Å². The fraction of sp³-hybridized carbons (Fsp3) is 0.588. The molecule has 1 fully saturated rings. The molecule has 0 radical (unpaired) electrons. The van der Waals surface area contributed by atoms with E-state index in [1.165, 1.54) is 12.1 Å². The summed E-state index contributed by atoms with van der Waals surface area (Å²) in [5.74, 6) is -0.586. The molecule has 2 N–H and O–H groups in total. The number of carbonyl (C=O) groups excluding carboxylic acids is 1. The average molecular weight is 328 g/mol. The quantitative estimate of drug-likeness (QED) is 0.922. The molecule has 1 aliphatic heterocycles. The number of nitrogens with zero attached hydrogens (tertiary/aromatic N) is 1. The van der Waals surface area contributed by atoms with Crippen LogP contribution in [0.15, 0.2) is 24.3 Å². The molecule has 3 nitrogen and oxygen atoms in total. The van der Waals surface area contributed by atoms with E-state index in [9.17, 15) is 18.0 Å². The Kier molecular flexibility index (Phi) is 5.34. The molecule has 0 spiro atoms. The third kappa shape index (κ3) is 4.25. The second-order valence-corrected chi connectivity index (χ2v) is 6.41. The molecular formula is C17H23F3N2O. The molecule has 0 unspecified atom stereocenters. The van der Waals surface area contributed by atoms with Crippen molar-refractivity contribution >= 4 is 5.91 Å². The topological polar surface area (TPSA) is 46.3 Å². The van der Waals surface area contributed by atoms with Crippen molar-refractivity contribution in [1.29, 1.82) is 0 Å². The van der Waals surface area contributed by atoms with Gasteiger partial charge in [0.15, 0.2) is 0 Å². The van der Waals surface area contributed by atoms with E-state index in [1.807, 2.05) is 6.92 Å². The molecule has 0 aliphatic carbocycles. The van der Waals surface area contributed by atoms with Gasteiger partial charge in [-0.2, -0.15) is 13.2 Å². The maximum atomic E-state index is 13.1. The van der Waals surface area contributed by atoms with Crippen LogP contribution in [0.5, 0.6) is 0 Å². The van der Waals surface area contributed by atoms with Crippen molar-refractivity contribution in [3.05, 3.63) is 35.4 Å². The summed E-state index contributed by atoms with van der Waals surface area (Å²) in [6, 6.07) is 5.60. The lowest BCUT2D eigenvalue weighted by molar-refractivity contribution is -0.139. The highest BCUT2D eigenvalue weighted by molar-refractivity contribution is 5.77. The zero-order chi connectivity index (χ0) is 17.2. The van der Waals surface area contributed by atoms with E-state index in [0.717, 1.165) is 18.9 Å². The second-order valence-electron chi connectivity index (χ2n) is 6.41. The Hall–Kier alpha value is -1.56. The van der Waals surface area contributed by atoms with Gasteiger partial charge in [-0.15, -0.1) is 0 Å². The minimum Gasteiger partial charge on any atom is -0.340 e. The van der Waals surface area contributed by atoms with Crippen LogP contribution in [0.2, 0.25) is 0 Å². The van der Waals surface area contributed by atoms with Crippen LogP contribution in [0, 0.1) is 0 Å². The summed E-state index contributed by atoms with van der Waals surface area (Å²) >= 11 is 0. The zero-order valence-electron chi connectivity index (χ0n) is 13.4. The first-order valence-electron chi connectivity index (χ1n) is 7.91. The summed E-state index contributed by atoms with van der Waals surface area (Å²) < 4.78 is 39.3. The Morgan fingerprint density at radius 1 is 1.39 bits per heavy atom. The first-order valence-corrected chi connectivity index (χ1v) is 7.91. The number of benzene rings is 1. The first-order chi connectivity index (χ1) is 10.7. The summed E-state index contributed by atoms with van der Waals surface area (Å²) in [5.41, 5.74) is 5.40. The predicted octanol–water partition coefficient (Wildman–Crippen LogP) is 3.54. The summed E-state index contributed by atoms with van der Waals surface area (Å²) in [5, 5.41) is 0. The number of alkyl halides is 3. The predicted molar refractivity (Wildman–Crippen MR) is 82.9 cm³/mol. The molecule has 1 saturated heterocycles. The highest BCUT2D eigenvalue weighted by Gasteiger charge is 2.35. The summed E-state index contributed by atoms with van der Waals surface area (Å²) in [7, 11) is 0. The lowest BCUT2D eigenvalue weighted by atomic mass is 9.91. The van der Waals surface area contributed by atoms with Crippen molar-refractivity contribution in [2.75, 3.05) is 6.54 Å². The standard InChI is InChI=1S/C17H23F3N2O/c1-11(14-5-3-4-6-15(14)17(18,19)20)9-16(23)22-8-7-13(21)10-12(22)2/h3-6,11-13H,7-10,21H2,1-2H3/t11-,12-,13+/m1/s1.